The zero-order valence-electron chi connectivity index (χ0n) is 15.4. The smallest absolute Gasteiger partial charge is 0.173 e. The van der Waals surface area contributed by atoms with Gasteiger partial charge in [0.25, 0.3) is 0 Å². The van der Waals surface area contributed by atoms with Crippen LogP contribution in [0.5, 0.6) is 5.75 Å². The summed E-state index contributed by atoms with van der Waals surface area (Å²) in [6.07, 6.45) is 6.05. The highest BCUT2D eigenvalue weighted by Crippen LogP contribution is 2.47. The van der Waals surface area contributed by atoms with E-state index in [1.165, 1.54) is 6.42 Å². The first kappa shape index (κ1) is 17.6. The number of carbonyl (C=O) groups excluding carboxylic acids is 1. The monoisotopic (exact) mass is 360 g/mol. The highest BCUT2D eigenvalue weighted by Gasteiger charge is 2.49. The Kier molecular flexibility index (Phi) is 4.61. The van der Waals surface area contributed by atoms with Gasteiger partial charge in [-0.1, -0.05) is 24.6 Å². The van der Waals surface area contributed by atoms with Crippen LogP contribution in [0, 0.1) is 17.2 Å². The van der Waals surface area contributed by atoms with Crippen LogP contribution in [0.2, 0.25) is 0 Å². The van der Waals surface area contributed by atoms with Crippen molar-refractivity contribution in [3.8, 4) is 22.9 Å². The van der Waals surface area contributed by atoms with Gasteiger partial charge in [-0.25, -0.2) is 0 Å². The van der Waals surface area contributed by atoms with Crippen LogP contribution in [0.25, 0.3) is 11.1 Å². The fraction of sp³-hybridized carbons (Fsp3) is 0.391. The molecule has 0 amide bonds. The number of benzene rings is 2. The van der Waals surface area contributed by atoms with Crippen LogP contribution in [-0.4, -0.2) is 11.4 Å². The van der Waals surface area contributed by atoms with Crippen molar-refractivity contribution in [2.24, 2.45) is 5.92 Å². The summed E-state index contributed by atoms with van der Waals surface area (Å²) in [5, 5.41) is 9.04. The molecule has 4 nitrogen and oxygen atoms in total. The number of fused-ring (bicyclic) bond motifs is 1. The molecule has 138 valence electrons. The summed E-state index contributed by atoms with van der Waals surface area (Å²) in [5.41, 5.74) is 8.83. The molecule has 1 fully saturated rings. The topological polar surface area (TPSA) is 76.1 Å². The number of ketones is 1. The highest BCUT2D eigenvalue weighted by molar-refractivity contribution is 6.02. The zero-order valence-corrected chi connectivity index (χ0v) is 15.4. The second-order valence-corrected chi connectivity index (χ2v) is 7.68. The number of nitrogens with zero attached hydrogens (tertiary/aromatic N) is 1. The van der Waals surface area contributed by atoms with Crippen molar-refractivity contribution in [3.05, 3.63) is 48.0 Å². The van der Waals surface area contributed by atoms with Crippen LogP contribution in [-0.2, 0) is 0 Å². The number of carbonyl (C=O) groups is 1. The Balaban J connectivity index is 1.75. The minimum atomic E-state index is -0.451. The minimum absolute atomic E-state index is 0.132. The molecule has 1 aliphatic heterocycles. The molecule has 1 atom stereocenters. The molecular weight excluding hydrogens is 336 g/mol. The van der Waals surface area contributed by atoms with Crippen molar-refractivity contribution in [2.45, 2.75) is 50.5 Å². The van der Waals surface area contributed by atoms with Gasteiger partial charge in [0.05, 0.1) is 17.6 Å². The highest BCUT2D eigenvalue weighted by atomic mass is 16.5. The van der Waals surface area contributed by atoms with E-state index in [1.807, 2.05) is 42.5 Å². The van der Waals surface area contributed by atoms with Crippen molar-refractivity contribution < 1.29 is 9.53 Å². The second kappa shape index (κ2) is 7.08. The summed E-state index contributed by atoms with van der Waals surface area (Å²) in [7, 11) is 0. The molecule has 1 saturated carbocycles. The van der Waals surface area contributed by atoms with Crippen molar-refractivity contribution >= 4 is 11.5 Å². The van der Waals surface area contributed by atoms with Crippen LogP contribution >= 0.6 is 0 Å². The van der Waals surface area contributed by atoms with E-state index in [2.05, 4.69) is 6.07 Å². The Morgan fingerprint density at radius 2 is 1.89 bits per heavy atom. The van der Waals surface area contributed by atoms with Crippen LogP contribution < -0.4 is 10.5 Å². The summed E-state index contributed by atoms with van der Waals surface area (Å²) in [4.78, 5) is 13.3. The van der Waals surface area contributed by atoms with Gasteiger partial charge in [-0.05, 0) is 67.5 Å². The molecule has 1 heterocycles. The molecule has 4 heteroatoms. The molecule has 2 aromatic rings. The van der Waals surface area contributed by atoms with E-state index < -0.39 is 5.60 Å². The van der Waals surface area contributed by atoms with E-state index in [0.717, 1.165) is 36.8 Å². The number of nitriles is 1. The Bertz CT molecular complexity index is 907. The van der Waals surface area contributed by atoms with Gasteiger partial charge in [-0.15, -0.1) is 0 Å². The molecule has 0 saturated heterocycles. The summed E-state index contributed by atoms with van der Waals surface area (Å²) in [6.45, 7) is 0. The Hall–Kier alpha value is -2.80. The molecule has 1 aliphatic carbocycles. The Morgan fingerprint density at radius 1 is 1.11 bits per heavy atom. The molecule has 0 aromatic heterocycles. The lowest BCUT2D eigenvalue weighted by atomic mass is 9.69. The predicted molar refractivity (Wildman–Crippen MR) is 105 cm³/mol. The lowest BCUT2D eigenvalue weighted by Gasteiger charge is -2.46. The maximum absolute atomic E-state index is 13.3. The molecule has 1 spiro atoms. The van der Waals surface area contributed by atoms with Gasteiger partial charge in [-0.2, -0.15) is 5.26 Å². The summed E-state index contributed by atoms with van der Waals surface area (Å²) >= 11 is 0. The first-order chi connectivity index (χ1) is 13.1. The van der Waals surface area contributed by atoms with E-state index in [0.29, 0.717) is 29.8 Å². The first-order valence-electron chi connectivity index (χ1n) is 9.73. The van der Waals surface area contributed by atoms with E-state index in [1.54, 1.807) is 0 Å². The van der Waals surface area contributed by atoms with Crippen LogP contribution in [0.1, 0.15) is 55.3 Å². The lowest BCUT2D eigenvalue weighted by molar-refractivity contribution is -0.0278. The minimum Gasteiger partial charge on any atom is -0.486 e. The summed E-state index contributed by atoms with van der Waals surface area (Å²) in [5.74, 6) is 0.589. The fourth-order valence-corrected chi connectivity index (χ4v) is 4.63. The van der Waals surface area contributed by atoms with Gasteiger partial charge in [0, 0.05) is 12.1 Å². The molecule has 2 aromatic carbocycles. The number of rotatable bonds is 3. The second-order valence-electron chi connectivity index (χ2n) is 7.68. The fourth-order valence-electron chi connectivity index (χ4n) is 4.63. The molecular formula is C23H24N2O2. The van der Waals surface area contributed by atoms with E-state index in [4.69, 9.17) is 15.7 Å². The molecule has 2 N–H and O–H groups in total. The van der Waals surface area contributed by atoms with Crippen molar-refractivity contribution in [1.29, 1.82) is 5.26 Å². The number of anilines is 1. The SMILES string of the molecule is N#CCCC1C(=O)c2ccc(-c3cccc(N)c3)cc2OC12CCCCC2. The first-order valence-corrected chi connectivity index (χ1v) is 9.73. The lowest BCUT2D eigenvalue weighted by Crippen LogP contribution is -2.51. The molecule has 1 unspecified atom stereocenters. The van der Waals surface area contributed by atoms with Gasteiger partial charge in [-0.3, -0.25) is 4.79 Å². The van der Waals surface area contributed by atoms with Crippen LogP contribution in [0.4, 0.5) is 5.69 Å². The van der Waals surface area contributed by atoms with E-state index >= 15 is 0 Å². The van der Waals surface area contributed by atoms with E-state index in [9.17, 15) is 4.79 Å². The standard InChI is InChI=1S/C23H24N2O2/c24-13-5-8-20-22(26)19-10-9-17(16-6-4-7-18(25)14-16)15-21(19)27-23(20)11-2-1-3-12-23/h4,6-7,9-10,14-15,20H,1-3,5,8,11-12,25H2. The number of nitrogens with two attached hydrogens (primary N) is 1. The molecule has 2 aliphatic rings. The van der Waals surface area contributed by atoms with Crippen molar-refractivity contribution in [2.75, 3.05) is 5.73 Å². The summed E-state index contributed by atoms with van der Waals surface area (Å²) < 4.78 is 6.57. The van der Waals surface area contributed by atoms with Crippen LogP contribution in [0.3, 0.4) is 0 Å². The molecule has 0 bridgehead atoms. The Labute approximate surface area is 159 Å². The normalized spacial score (nSPS) is 20.6. The van der Waals surface area contributed by atoms with E-state index in [-0.39, 0.29) is 11.7 Å². The quantitative estimate of drug-likeness (QED) is 0.770. The van der Waals surface area contributed by atoms with Gasteiger partial charge in [0.2, 0.25) is 0 Å². The Morgan fingerprint density at radius 3 is 2.63 bits per heavy atom. The van der Waals surface area contributed by atoms with Gasteiger partial charge >= 0.3 is 0 Å². The van der Waals surface area contributed by atoms with Gasteiger partial charge < -0.3 is 10.5 Å². The number of hydrogen-bond acceptors (Lipinski definition) is 4. The number of hydrogen-bond donors (Lipinski definition) is 1. The zero-order chi connectivity index (χ0) is 18.9. The average Bonchev–Trinajstić information content (AvgIpc) is 2.68. The van der Waals surface area contributed by atoms with Crippen molar-refractivity contribution in [1.82, 2.24) is 0 Å². The third-order valence-electron chi connectivity index (χ3n) is 5.98. The largest absolute Gasteiger partial charge is 0.486 e. The maximum atomic E-state index is 13.3. The third-order valence-corrected chi connectivity index (χ3v) is 5.98. The summed E-state index contributed by atoms with van der Waals surface area (Å²) in [6, 6.07) is 15.7. The third kappa shape index (κ3) is 3.19. The predicted octanol–water partition coefficient (Wildman–Crippen LogP) is 5.13. The van der Waals surface area contributed by atoms with Crippen LogP contribution in [0.15, 0.2) is 42.5 Å². The molecule has 27 heavy (non-hydrogen) atoms. The molecule has 0 radical (unpaired) electrons. The van der Waals surface area contributed by atoms with Crippen molar-refractivity contribution in [3.63, 3.8) is 0 Å². The molecule has 4 rings (SSSR count). The van der Waals surface area contributed by atoms with Gasteiger partial charge in [0.1, 0.15) is 11.4 Å². The number of ether oxygens (including phenoxy) is 1. The number of Topliss-reactive ketones (excluding diaryl/α,β-unsaturated/α-hetero) is 1. The number of nitrogen functional groups attached to an aromatic ring is 1. The maximum Gasteiger partial charge on any atom is 0.173 e. The average molecular weight is 360 g/mol. The van der Waals surface area contributed by atoms with Gasteiger partial charge in [0.15, 0.2) is 5.78 Å².